The lowest BCUT2D eigenvalue weighted by atomic mass is 10.2. The molecule has 0 saturated heterocycles. The molecule has 0 aliphatic rings. The number of amides is 2. The summed E-state index contributed by atoms with van der Waals surface area (Å²) >= 11 is 0. The van der Waals surface area contributed by atoms with Crippen molar-refractivity contribution in [2.75, 3.05) is 19.0 Å². The number of hydrogen-bond acceptors (Lipinski definition) is 3. The highest BCUT2D eigenvalue weighted by atomic mass is 19.1. The molecule has 0 unspecified atom stereocenters. The van der Waals surface area contributed by atoms with Crippen LogP contribution >= 0.6 is 0 Å². The molecule has 6 heteroatoms. The Hall–Kier alpha value is -2.89. The second-order valence-corrected chi connectivity index (χ2v) is 5.60. The van der Waals surface area contributed by atoms with Crippen LogP contribution in [0, 0.1) is 5.82 Å². The summed E-state index contributed by atoms with van der Waals surface area (Å²) in [5, 5.41) is 2.62. The lowest BCUT2D eigenvalue weighted by Gasteiger charge is -2.21. The Balaban J connectivity index is 1.90. The van der Waals surface area contributed by atoms with E-state index in [0.29, 0.717) is 12.2 Å². The molecule has 5 nitrogen and oxygen atoms in total. The minimum absolute atomic E-state index is 0.116. The summed E-state index contributed by atoms with van der Waals surface area (Å²) < 4.78 is 18.2. The number of anilines is 1. The smallest absolute Gasteiger partial charge is 0.226 e. The van der Waals surface area contributed by atoms with Crippen LogP contribution in [0.3, 0.4) is 0 Å². The molecule has 0 spiro atoms. The first-order chi connectivity index (χ1) is 12.0. The van der Waals surface area contributed by atoms with Crippen molar-refractivity contribution in [1.29, 1.82) is 0 Å². The van der Waals surface area contributed by atoms with Crippen LogP contribution in [-0.4, -0.2) is 30.4 Å². The number of carbonyl (C=O) groups excluding carboxylic acids is 2. The lowest BCUT2D eigenvalue weighted by Crippen LogP contribution is -2.31. The highest BCUT2D eigenvalue weighted by molar-refractivity contribution is 5.91. The Labute approximate surface area is 146 Å². The number of benzene rings is 2. The largest absolute Gasteiger partial charge is 0.497 e. The number of methoxy groups -OCH3 is 1. The highest BCUT2D eigenvalue weighted by Crippen LogP contribution is 2.14. The van der Waals surface area contributed by atoms with Crippen LogP contribution in [0.15, 0.2) is 48.5 Å². The van der Waals surface area contributed by atoms with Crippen molar-refractivity contribution in [3.8, 4) is 5.75 Å². The van der Waals surface area contributed by atoms with E-state index in [-0.39, 0.29) is 24.8 Å². The van der Waals surface area contributed by atoms with Gasteiger partial charge >= 0.3 is 0 Å². The first kappa shape index (κ1) is 18.4. The van der Waals surface area contributed by atoms with Gasteiger partial charge in [-0.05, 0) is 35.9 Å². The first-order valence-corrected chi connectivity index (χ1v) is 7.92. The monoisotopic (exact) mass is 344 g/mol. The molecule has 0 aliphatic carbocycles. The fraction of sp³-hybridized carbons (Fsp3) is 0.263. The lowest BCUT2D eigenvalue weighted by molar-refractivity contribution is -0.129. The van der Waals surface area contributed by atoms with Gasteiger partial charge in [0.05, 0.1) is 7.11 Å². The van der Waals surface area contributed by atoms with Gasteiger partial charge in [0.25, 0.3) is 0 Å². The van der Waals surface area contributed by atoms with Gasteiger partial charge in [-0.2, -0.15) is 0 Å². The molecule has 0 aromatic heterocycles. The maximum Gasteiger partial charge on any atom is 0.226 e. The number of nitrogens with one attached hydrogen (secondary N) is 1. The Bertz CT molecular complexity index is 732. The molecule has 0 heterocycles. The zero-order valence-corrected chi connectivity index (χ0v) is 14.3. The van der Waals surface area contributed by atoms with E-state index in [9.17, 15) is 14.0 Å². The fourth-order valence-electron chi connectivity index (χ4n) is 2.33. The molecule has 0 atom stereocenters. The number of hydrogen-bond donors (Lipinski definition) is 1. The van der Waals surface area contributed by atoms with Crippen LogP contribution in [0.5, 0.6) is 5.75 Å². The molecule has 1 N–H and O–H groups in total. The second kappa shape index (κ2) is 8.82. The second-order valence-electron chi connectivity index (χ2n) is 5.60. The molecular weight excluding hydrogens is 323 g/mol. The van der Waals surface area contributed by atoms with Gasteiger partial charge in [0, 0.05) is 32.1 Å². The van der Waals surface area contributed by atoms with Crippen molar-refractivity contribution in [3.05, 3.63) is 59.9 Å². The van der Waals surface area contributed by atoms with Gasteiger partial charge in [-0.3, -0.25) is 9.59 Å². The van der Waals surface area contributed by atoms with E-state index < -0.39 is 5.82 Å². The average molecular weight is 344 g/mol. The van der Waals surface area contributed by atoms with Gasteiger partial charge in [-0.15, -0.1) is 0 Å². The Morgan fingerprint density at radius 1 is 1.16 bits per heavy atom. The normalized spacial score (nSPS) is 10.2. The van der Waals surface area contributed by atoms with Gasteiger partial charge in [0.2, 0.25) is 11.8 Å². The van der Waals surface area contributed by atoms with E-state index >= 15 is 0 Å². The standard InChI is InChI=1S/C19H21FN2O3/c1-14(23)22(13-15-6-8-18(25-2)9-7-15)11-10-19(24)21-17-5-3-4-16(20)12-17/h3-9,12H,10-11,13H2,1-2H3,(H,21,24). The molecule has 2 rings (SSSR count). The van der Waals surface area contributed by atoms with Crippen LogP contribution in [0.25, 0.3) is 0 Å². The molecule has 0 aliphatic heterocycles. The predicted octanol–water partition coefficient (Wildman–Crippen LogP) is 3.21. The summed E-state index contributed by atoms with van der Waals surface area (Å²) in [6, 6.07) is 13.1. The van der Waals surface area contributed by atoms with Gasteiger partial charge in [0.1, 0.15) is 11.6 Å². The van der Waals surface area contributed by atoms with Gasteiger partial charge in [0.15, 0.2) is 0 Å². The maximum atomic E-state index is 13.1. The van der Waals surface area contributed by atoms with Crippen molar-refractivity contribution in [2.45, 2.75) is 19.9 Å². The number of ether oxygens (including phenoxy) is 1. The third-order valence-corrected chi connectivity index (χ3v) is 3.69. The average Bonchev–Trinajstić information content (AvgIpc) is 2.59. The maximum absolute atomic E-state index is 13.1. The van der Waals surface area contributed by atoms with Gasteiger partial charge in [-0.25, -0.2) is 4.39 Å². The van der Waals surface area contributed by atoms with Crippen LogP contribution in [0.1, 0.15) is 18.9 Å². The van der Waals surface area contributed by atoms with Crippen LogP contribution in [0.2, 0.25) is 0 Å². The van der Waals surface area contributed by atoms with Crippen LogP contribution in [-0.2, 0) is 16.1 Å². The van der Waals surface area contributed by atoms with Crippen molar-refractivity contribution < 1.29 is 18.7 Å². The molecule has 0 fully saturated rings. The van der Waals surface area contributed by atoms with E-state index in [4.69, 9.17) is 4.74 Å². The summed E-state index contributed by atoms with van der Waals surface area (Å²) in [7, 11) is 1.59. The molecule has 25 heavy (non-hydrogen) atoms. The van der Waals surface area contributed by atoms with E-state index in [0.717, 1.165) is 11.3 Å². The van der Waals surface area contributed by atoms with Gasteiger partial charge < -0.3 is 15.0 Å². The number of halogens is 1. The zero-order valence-electron chi connectivity index (χ0n) is 14.3. The Kier molecular flexibility index (Phi) is 6.51. The third kappa shape index (κ3) is 5.91. The zero-order chi connectivity index (χ0) is 18.2. The predicted molar refractivity (Wildman–Crippen MR) is 93.7 cm³/mol. The molecule has 0 saturated carbocycles. The number of rotatable bonds is 7. The molecule has 0 radical (unpaired) electrons. The van der Waals surface area contributed by atoms with E-state index in [1.54, 1.807) is 18.1 Å². The van der Waals surface area contributed by atoms with Crippen LogP contribution in [0.4, 0.5) is 10.1 Å². The third-order valence-electron chi connectivity index (χ3n) is 3.69. The molecule has 132 valence electrons. The summed E-state index contributed by atoms with van der Waals surface area (Å²) in [4.78, 5) is 25.4. The quantitative estimate of drug-likeness (QED) is 0.839. The SMILES string of the molecule is COc1ccc(CN(CCC(=O)Nc2cccc(F)c2)C(C)=O)cc1. The van der Waals surface area contributed by atoms with E-state index in [1.807, 2.05) is 24.3 Å². The highest BCUT2D eigenvalue weighted by Gasteiger charge is 2.12. The number of nitrogens with zero attached hydrogens (tertiary/aromatic N) is 1. The molecule has 2 aromatic carbocycles. The van der Waals surface area contributed by atoms with Crippen molar-refractivity contribution in [1.82, 2.24) is 4.90 Å². The van der Waals surface area contributed by atoms with Gasteiger partial charge in [-0.1, -0.05) is 18.2 Å². The first-order valence-electron chi connectivity index (χ1n) is 7.92. The minimum Gasteiger partial charge on any atom is -0.497 e. The molecule has 0 bridgehead atoms. The van der Waals surface area contributed by atoms with Crippen molar-refractivity contribution >= 4 is 17.5 Å². The van der Waals surface area contributed by atoms with Crippen molar-refractivity contribution in [3.63, 3.8) is 0 Å². The van der Waals surface area contributed by atoms with Crippen molar-refractivity contribution in [2.24, 2.45) is 0 Å². The summed E-state index contributed by atoms with van der Waals surface area (Å²) in [5.41, 5.74) is 1.34. The molecule has 2 aromatic rings. The summed E-state index contributed by atoms with van der Waals surface area (Å²) in [5.74, 6) is -0.0591. The minimum atomic E-state index is -0.414. The molecule has 2 amide bonds. The summed E-state index contributed by atoms with van der Waals surface area (Å²) in [6.45, 7) is 2.16. The van der Waals surface area contributed by atoms with E-state index in [2.05, 4.69) is 5.32 Å². The molecular formula is C19H21FN2O3. The number of carbonyl (C=O) groups is 2. The van der Waals surface area contributed by atoms with Crippen LogP contribution < -0.4 is 10.1 Å². The van der Waals surface area contributed by atoms with E-state index in [1.165, 1.54) is 25.1 Å². The topological polar surface area (TPSA) is 58.6 Å². The Morgan fingerprint density at radius 2 is 1.88 bits per heavy atom. The fourth-order valence-corrected chi connectivity index (χ4v) is 2.33. The Morgan fingerprint density at radius 3 is 2.48 bits per heavy atom. The summed E-state index contributed by atoms with van der Waals surface area (Å²) in [6.07, 6.45) is 0.131.